The molecule has 3 N–H and O–H groups in total. The van der Waals surface area contributed by atoms with Crippen molar-refractivity contribution in [2.45, 2.75) is 19.5 Å². The van der Waals surface area contributed by atoms with E-state index >= 15 is 0 Å². The fourth-order valence-electron chi connectivity index (χ4n) is 2.87. The monoisotopic (exact) mass is 382 g/mol. The van der Waals surface area contributed by atoms with Gasteiger partial charge in [-0.05, 0) is 36.8 Å². The lowest BCUT2D eigenvalue weighted by molar-refractivity contribution is -0.122. The highest BCUT2D eigenvalue weighted by molar-refractivity contribution is 6.09. The second-order valence-electron chi connectivity index (χ2n) is 6.39. The molecule has 0 aliphatic carbocycles. The van der Waals surface area contributed by atoms with Crippen LogP contribution >= 0.6 is 0 Å². The molecular weight excluding hydrogens is 360 g/mol. The number of fused-ring (bicyclic) bond motifs is 1. The van der Waals surface area contributed by atoms with Gasteiger partial charge in [0.05, 0.1) is 18.5 Å². The molecule has 0 bridgehead atoms. The number of rotatable bonds is 5. The Morgan fingerprint density at radius 3 is 2.79 bits per heavy atom. The Kier molecular flexibility index (Phi) is 5.78. The Hall–Kier alpha value is -3.55. The number of nitrogens with zero attached hydrogens (tertiary/aromatic N) is 1. The van der Waals surface area contributed by atoms with E-state index in [1.807, 2.05) is 24.3 Å². The SMILES string of the molecule is COc1cccc(CNC(=O)[C@H](C)NC(=O)N2CC(=O)Nc3ccccc32)c1. The number of amides is 4. The molecule has 4 amide bonds. The first-order valence-electron chi connectivity index (χ1n) is 8.85. The van der Waals surface area contributed by atoms with E-state index in [2.05, 4.69) is 16.0 Å². The van der Waals surface area contributed by atoms with E-state index in [0.717, 1.165) is 5.56 Å². The summed E-state index contributed by atoms with van der Waals surface area (Å²) in [6.45, 7) is 1.79. The highest BCUT2D eigenvalue weighted by atomic mass is 16.5. The van der Waals surface area contributed by atoms with Gasteiger partial charge in [0.1, 0.15) is 18.3 Å². The Labute approximate surface area is 162 Å². The molecule has 0 aromatic heterocycles. The molecule has 0 fully saturated rings. The lowest BCUT2D eigenvalue weighted by Gasteiger charge is -2.30. The van der Waals surface area contributed by atoms with E-state index in [9.17, 15) is 14.4 Å². The number of anilines is 2. The molecule has 8 nitrogen and oxygen atoms in total. The van der Waals surface area contributed by atoms with Gasteiger partial charge in [-0.3, -0.25) is 14.5 Å². The maximum absolute atomic E-state index is 12.6. The van der Waals surface area contributed by atoms with E-state index in [1.54, 1.807) is 38.3 Å². The third kappa shape index (κ3) is 4.40. The highest BCUT2D eigenvalue weighted by Crippen LogP contribution is 2.28. The molecule has 2 aromatic rings. The van der Waals surface area contributed by atoms with Crippen LogP contribution < -0.4 is 25.6 Å². The smallest absolute Gasteiger partial charge is 0.323 e. The molecule has 8 heteroatoms. The number of nitrogens with one attached hydrogen (secondary N) is 3. The number of ether oxygens (including phenoxy) is 1. The summed E-state index contributed by atoms with van der Waals surface area (Å²) < 4.78 is 5.16. The molecule has 0 saturated carbocycles. The van der Waals surface area contributed by atoms with Gasteiger partial charge in [0.2, 0.25) is 11.8 Å². The number of hydrogen-bond acceptors (Lipinski definition) is 4. The van der Waals surface area contributed by atoms with Gasteiger partial charge in [0, 0.05) is 6.54 Å². The van der Waals surface area contributed by atoms with Crippen molar-refractivity contribution in [3.05, 3.63) is 54.1 Å². The van der Waals surface area contributed by atoms with Gasteiger partial charge >= 0.3 is 6.03 Å². The van der Waals surface area contributed by atoms with Gasteiger partial charge in [-0.2, -0.15) is 0 Å². The van der Waals surface area contributed by atoms with E-state index in [-0.39, 0.29) is 18.4 Å². The molecule has 0 saturated heterocycles. The van der Waals surface area contributed by atoms with E-state index in [4.69, 9.17) is 4.74 Å². The molecule has 0 unspecified atom stereocenters. The van der Waals surface area contributed by atoms with Crippen LogP contribution in [0.4, 0.5) is 16.2 Å². The van der Waals surface area contributed by atoms with Gasteiger partial charge in [-0.1, -0.05) is 24.3 Å². The molecular formula is C20H22N4O4. The van der Waals surface area contributed by atoms with E-state index in [0.29, 0.717) is 23.7 Å². The zero-order valence-electron chi connectivity index (χ0n) is 15.7. The molecule has 1 aliphatic heterocycles. The Balaban J connectivity index is 1.59. The first-order chi connectivity index (χ1) is 13.5. The molecule has 2 aromatic carbocycles. The number of carbonyl (C=O) groups excluding carboxylic acids is 3. The Morgan fingerprint density at radius 2 is 2.00 bits per heavy atom. The summed E-state index contributed by atoms with van der Waals surface area (Å²) in [7, 11) is 1.58. The van der Waals surface area contributed by atoms with Crippen LogP contribution in [0.3, 0.4) is 0 Å². The van der Waals surface area contributed by atoms with Crippen molar-refractivity contribution in [3.63, 3.8) is 0 Å². The first kappa shape index (κ1) is 19.2. The average molecular weight is 382 g/mol. The lowest BCUT2D eigenvalue weighted by atomic mass is 10.2. The minimum atomic E-state index is -0.768. The maximum atomic E-state index is 12.6. The number of urea groups is 1. The minimum Gasteiger partial charge on any atom is -0.497 e. The third-order valence-electron chi connectivity index (χ3n) is 4.35. The topological polar surface area (TPSA) is 99.8 Å². The van der Waals surface area contributed by atoms with Gasteiger partial charge in [-0.25, -0.2) is 4.79 Å². The zero-order valence-corrected chi connectivity index (χ0v) is 15.7. The lowest BCUT2D eigenvalue weighted by Crippen LogP contribution is -2.52. The van der Waals surface area contributed by atoms with Crippen LogP contribution in [0.25, 0.3) is 0 Å². The fourth-order valence-corrected chi connectivity index (χ4v) is 2.87. The number of benzene rings is 2. The standard InChI is InChI=1S/C20H22N4O4/c1-13(19(26)21-11-14-6-5-7-15(10-14)28-2)22-20(27)24-12-18(25)23-16-8-3-4-9-17(16)24/h3-10,13H,11-12H2,1-2H3,(H,21,26)(H,22,27)(H,23,25)/t13-/m0/s1. The van der Waals surface area contributed by atoms with Crippen molar-refractivity contribution in [1.82, 2.24) is 10.6 Å². The van der Waals surface area contributed by atoms with Crippen LogP contribution in [-0.2, 0) is 16.1 Å². The number of methoxy groups -OCH3 is 1. The molecule has 28 heavy (non-hydrogen) atoms. The highest BCUT2D eigenvalue weighted by Gasteiger charge is 2.28. The predicted molar refractivity (Wildman–Crippen MR) is 105 cm³/mol. The normalized spacial score (nSPS) is 13.8. The maximum Gasteiger partial charge on any atom is 0.323 e. The molecule has 3 rings (SSSR count). The number of hydrogen-bond donors (Lipinski definition) is 3. The zero-order chi connectivity index (χ0) is 20.1. The second kappa shape index (κ2) is 8.43. The van der Waals surface area contributed by atoms with Crippen molar-refractivity contribution in [2.24, 2.45) is 0 Å². The van der Waals surface area contributed by atoms with Crippen molar-refractivity contribution < 1.29 is 19.1 Å². The summed E-state index contributed by atoms with van der Waals surface area (Å²) in [5.41, 5.74) is 2.03. The summed E-state index contributed by atoms with van der Waals surface area (Å²) in [5.74, 6) is 0.0880. The molecule has 1 aliphatic rings. The molecule has 0 radical (unpaired) electrons. The summed E-state index contributed by atoms with van der Waals surface area (Å²) in [5, 5.41) is 8.14. The fraction of sp³-hybridized carbons (Fsp3) is 0.250. The Morgan fingerprint density at radius 1 is 1.21 bits per heavy atom. The molecule has 0 spiro atoms. The van der Waals surface area contributed by atoms with Crippen LogP contribution in [0.15, 0.2) is 48.5 Å². The Bertz CT molecular complexity index is 899. The van der Waals surface area contributed by atoms with Gasteiger partial charge in [0.25, 0.3) is 0 Å². The summed E-state index contributed by atoms with van der Waals surface area (Å²) in [4.78, 5) is 38.1. The largest absolute Gasteiger partial charge is 0.497 e. The van der Waals surface area contributed by atoms with Crippen molar-refractivity contribution in [3.8, 4) is 5.75 Å². The second-order valence-corrected chi connectivity index (χ2v) is 6.39. The quantitative estimate of drug-likeness (QED) is 0.735. The van der Waals surface area contributed by atoms with Crippen LogP contribution in [0.1, 0.15) is 12.5 Å². The first-order valence-corrected chi connectivity index (χ1v) is 8.85. The number of para-hydroxylation sites is 2. The van der Waals surface area contributed by atoms with E-state index in [1.165, 1.54) is 4.90 Å². The van der Waals surface area contributed by atoms with Crippen LogP contribution in [-0.4, -0.2) is 37.5 Å². The van der Waals surface area contributed by atoms with Crippen LogP contribution in [0, 0.1) is 0 Å². The van der Waals surface area contributed by atoms with Gasteiger partial charge < -0.3 is 20.7 Å². The molecule has 1 atom stereocenters. The van der Waals surface area contributed by atoms with Crippen LogP contribution in [0.5, 0.6) is 5.75 Å². The van der Waals surface area contributed by atoms with Gasteiger partial charge in [-0.15, -0.1) is 0 Å². The van der Waals surface area contributed by atoms with E-state index < -0.39 is 12.1 Å². The average Bonchev–Trinajstić information content (AvgIpc) is 2.71. The van der Waals surface area contributed by atoms with Crippen LogP contribution in [0.2, 0.25) is 0 Å². The molecule has 1 heterocycles. The third-order valence-corrected chi connectivity index (χ3v) is 4.35. The minimum absolute atomic E-state index is 0.110. The predicted octanol–water partition coefficient (Wildman–Crippen LogP) is 1.87. The summed E-state index contributed by atoms with van der Waals surface area (Å²) >= 11 is 0. The summed E-state index contributed by atoms with van der Waals surface area (Å²) in [6.07, 6.45) is 0. The van der Waals surface area contributed by atoms with Gasteiger partial charge in [0.15, 0.2) is 0 Å². The van der Waals surface area contributed by atoms with Crippen molar-refractivity contribution >= 4 is 29.2 Å². The van der Waals surface area contributed by atoms with Crippen molar-refractivity contribution in [2.75, 3.05) is 23.9 Å². The van der Waals surface area contributed by atoms with Crippen molar-refractivity contribution in [1.29, 1.82) is 0 Å². The number of carbonyl (C=O) groups is 3. The summed E-state index contributed by atoms with van der Waals surface area (Å²) in [6, 6.07) is 13.1. The molecule has 146 valence electrons.